The highest BCUT2D eigenvalue weighted by Gasteiger charge is 2.36. The van der Waals surface area contributed by atoms with Gasteiger partial charge in [-0.3, -0.25) is 9.69 Å². The van der Waals surface area contributed by atoms with Crippen LogP contribution in [-0.4, -0.2) is 35.7 Å². The molecule has 2 unspecified atom stereocenters. The van der Waals surface area contributed by atoms with E-state index in [1.165, 1.54) is 12.1 Å². The number of aliphatic carboxylic acids is 1. The standard InChI is InChI=1S/C18H20FNO3S/c1-23-16-6-5-13(19)10-14(16)17(12-7-9-24-11-12)20-8-3-2-4-15(20)18(21)22/h5-7,9-11,15,17H,2-4,8H2,1H3,(H,21,22). The minimum atomic E-state index is -0.828. The number of piperidine rings is 1. The molecular weight excluding hydrogens is 329 g/mol. The average molecular weight is 349 g/mol. The van der Waals surface area contributed by atoms with Gasteiger partial charge in [0.05, 0.1) is 13.2 Å². The lowest BCUT2D eigenvalue weighted by Gasteiger charge is -2.39. The van der Waals surface area contributed by atoms with Gasteiger partial charge in [0.2, 0.25) is 0 Å². The summed E-state index contributed by atoms with van der Waals surface area (Å²) in [5.41, 5.74) is 1.64. The number of carboxylic acid groups (broad SMARTS) is 1. The van der Waals surface area contributed by atoms with Gasteiger partial charge < -0.3 is 9.84 Å². The minimum Gasteiger partial charge on any atom is -0.496 e. The molecule has 0 spiro atoms. The quantitative estimate of drug-likeness (QED) is 0.889. The molecule has 24 heavy (non-hydrogen) atoms. The minimum absolute atomic E-state index is 0.330. The fourth-order valence-corrected chi connectivity index (χ4v) is 4.11. The van der Waals surface area contributed by atoms with E-state index in [2.05, 4.69) is 0 Å². The fraction of sp³-hybridized carbons (Fsp3) is 0.389. The Morgan fingerprint density at radius 2 is 2.25 bits per heavy atom. The second-order valence-corrected chi connectivity index (χ2v) is 6.71. The van der Waals surface area contributed by atoms with Gasteiger partial charge in [0.15, 0.2) is 0 Å². The lowest BCUT2D eigenvalue weighted by atomic mass is 9.92. The van der Waals surface area contributed by atoms with Gasteiger partial charge in [-0.1, -0.05) is 6.42 Å². The number of rotatable bonds is 5. The highest BCUT2D eigenvalue weighted by atomic mass is 32.1. The third-order valence-electron chi connectivity index (χ3n) is 4.51. The first-order valence-electron chi connectivity index (χ1n) is 7.96. The number of carboxylic acids is 1. The molecule has 1 saturated heterocycles. The Kier molecular flexibility index (Phi) is 5.16. The Bertz CT molecular complexity index is 704. The van der Waals surface area contributed by atoms with E-state index >= 15 is 0 Å². The zero-order valence-corrected chi connectivity index (χ0v) is 14.3. The Morgan fingerprint density at radius 1 is 1.42 bits per heavy atom. The van der Waals surface area contributed by atoms with Crippen molar-refractivity contribution in [2.75, 3.05) is 13.7 Å². The van der Waals surface area contributed by atoms with Crippen LogP contribution in [0.2, 0.25) is 0 Å². The molecule has 2 heterocycles. The van der Waals surface area contributed by atoms with Crippen LogP contribution in [0.1, 0.15) is 36.4 Å². The second-order valence-electron chi connectivity index (χ2n) is 5.93. The smallest absolute Gasteiger partial charge is 0.320 e. The number of carbonyl (C=O) groups is 1. The van der Waals surface area contributed by atoms with Crippen LogP contribution in [0.5, 0.6) is 5.75 Å². The summed E-state index contributed by atoms with van der Waals surface area (Å²) in [4.78, 5) is 13.7. The molecule has 1 aromatic carbocycles. The SMILES string of the molecule is COc1ccc(F)cc1C(c1ccsc1)N1CCCCC1C(=O)O. The molecule has 1 N–H and O–H groups in total. The Morgan fingerprint density at radius 3 is 2.92 bits per heavy atom. The summed E-state index contributed by atoms with van der Waals surface area (Å²) in [5.74, 6) is -0.609. The molecule has 0 amide bonds. The molecule has 1 aromatic heterocycles. The monoisotopic (exact) mass is 349 g/mol. The van der Waals surface area contributed by atoms with Crippen LogP contribution in [0.4, 0.5) is 4.39 Å². The molecule has 0 aliphatic carbocycles. The van der Waals surface area contributed by atoms with Crippen molar-refractivity contribution in [1.29, 1.82) is 0 Å². The van der Waals surface area contributed by atoms with Crippen LogP contribution in [-0.2, 0) is 4.79 Å². The van der Waals surface area contributed by atoms with Gasteiger partial charge in [0, 0.05) is 5.56 Å². The summed E-state index contributed by atoms with van der Waals surface area (Å²) in [5, 5.41) is 13.6. The molecule has 1 fully saturated rings. The van der Waals surface area contributed by atoms with Crippen LogP contribution in [0.25, 0.3) is 0 Å². The summed E-state index contributed by atoms with van der Waals surface area (Å²) in [6, 6.07) is 5.48. The number of likely N-dealkylation sites (tertiary alicyclic amines) is 1. The number of hydrogen-bond donors (Lipinski definition) is 1. The van der Waals surface area contributed by atoms with E-state index in [0.717, 1.165) is 18.4 Å². The molecule has 4 nitrogen and oxygen atoms in total. The molecule has 128 valence electrons. The predicted octanol–water partition coefficient (Wildman–Crippen LogP) is 3.92. The van der Waals surface area contributed by atoms with Crippen LogP contribution in [0.15, 0.2) is 35.0 Å². The molecule has 0 saturated carbocycles. The largest absolute Gasteiger partial charge is 0.496 e. The maximum absolute atomic E-state index is 13.9. The molecule has 2 atom stereocenters. The van der Waals surface area contributed by atoms with Crippen molar-refractivity contribution in [2.45, 2.75) is 31.3 Å². The summed E-state index contributed by atoms with van der Waals surface area (Å²) in [6.07, 6.45) is 2.43. The number of nitrogens with zero attached hydrogens (tertiary/aromatic N) is 1. The van der Waals surface area contributed by atoms with Gasteiger partial charge >= 0.3 is 5.97 Å². The first-order valence-corrected chi connectivity index (χ1v) is 8.90. The third kappa shape index (κ3) is 3.30. The van der Waals surface area contributed by atoms with Crippen molar-refractivity contribution in [3.8, 4) is 5.75 Å². The summed E-state index contributed by atoms with van der Waals surface area (Å²) < 4.78 is 19.3. The van der Waals surface area contributed by atoms with Crippen molar-refractivity contribution >= 4 is 17.3 Å². The molecule has 1 aliphatic heterocycles. The van der Waals surface area contributed by atoms with Crippen LogP contribution >= 0.6 is 11.3 Å². The summed E-state index contributed by atoms with van der Waals surface area (Å²) in [7, 11) is 1.55. The van der Waals surface area contributed by atoms with Gasteiger partial charge in [-0.05, 0) is 60.0 Å². The Labute approximate surface area is 144 Å². The number of thiophene rings is 1. The van der Waals surface area contributed by atoms with Gasteiger partial charge in [0.1, 0.15) is 17.6 Å². The Hall–Kier alpha value is -1.92. The van der Waals surface area contributed by atoms with Crippen molar-refractivity contribution in [1.82, 2.24) is 4.90 Å². The number of methoxy groups -OCH3 is 1. The van der Waals surface area contributed by atoms with E-state index in [9.17, 15) is 14.3 Å². The molecule has 3 rings (SSSR count). The van der Waals surface area contributed by atoms with Gasteiger partial charge in [-0.2, -0.15) is 11.3 Å². The lowest BCUT2D eigenvalue weighted by Crippen LogP contribution is -2.46. The van der Waals surface area contributed by atoms with E-state index in [4.69, 9.17) is 4.74 Å². The first-order chi connectivity index (χ1) is 11.6. The van der Waals surface area contributed by atoms with E-state index in [0.29, 0.717) is 24.3 Å². The lowest BCUT2D eigenvalue weighted by molar-refractivity contribution is -0.145. The fourth-order valence-electron chi connectivity index (χ4n) is 3.43. The number of benzene rings is 1. The zero-order chi connectivity index (χ0) is 17.1. The molecule has 1 aliphatic rings. The average Bonchev–Trinajstić information content (AvgIpc) is 3.10. The highest BCUT2D eigenvalue weighted by molar-refractivity contribution is 7.08. The molecule has 0 radical (unpaired) electrons. The topological polar surface area (TPSA) is 49.8 Å². The summed E-state index contributed by atoms with van der Waals surface area (Å²) >= 11 is 1.55. The van der Waals surface area contributed by atoms with Crippen molar-refractivity contribution in [2.24, 2.45) is 0 Å². The second kappa shape index (κ2) is 7.32. The van der Waals surface area contributed by atoms with Crippen molar-refractivity contribution < 1.29 is 19.0 Å². The highest BCUT2D eigenvalue weighted by Crippen LogP contribution is 2.39. The normalized spacial score (nSPS) is 19.8. The summed E-state index contributed by atoms with van der Waals surface area (Å²) in [6.45, 7) is 0.664. The van der Waals surface area contributed by atoms with Crippen LogP contribution in [0, 0.1) is 5.82 Å². The third-order valence-corrected chi connectivity index (χ3v) is 5.21. The predicted molar refractivity (Wildman–Crippen MR) is 91.1 cm³/mol. The van der Waals surface area contributed by atoms with Crippen molar-refractivity contribution in [3.05, 3.63) is 52.0 Å². The van der Waals surface area contributed by atoms with E-state index in [1.54, 1.807) is 24.5 Å². The van der Waals surface area contributed by atoms with Crippen LogP contribution < -0.4 is 4.74 Å². The van der Waals surface area contributed by atoms with E-state index < -0.39 is 12.0 Å². The van der Waals surface area contributed by atoms with Gasteiger partial charge in [-0.25, -0.2) is 4.39 Å². The number of ether oxygens (including phenoxy) is 1. The van der Waals surface area contributed by atoms with Gasteiger partial charge in [0.25, 0.3) is 0 Å². The maximum atomic E-state index is 13.9. The molecular formula is C18H20FNO3S. The maximum Gasteiger partial charge on any atom is 0.320 e. The Balaban J connectivity index is 2.11. The zero-order valence-electron chi connectivity index (χ0n) is 13.4. The van der Waals surface area contributed by atoms with E-state index in [1.807, 2.05) is 21.7 Å². The molecule has 2 aromatic rings. The van der Waals surface area contributed by atoms with Gasteiger partial charge in [-0.15, -0.1) is 0 Å². The van der Waals surface area contributed by atoms with Crippen molar-refractivity contribution in [3.63, 3.8) is 0 Å². The number of hydrogen-bond acceptors (Lipinski definition) is 4. The molecule has 6 heteroatoms. The van der Waals surface area contributed by atoms with E-state index in [-0.39, 0.29) is 11.9 Å². The number of halogens is 1. The van der Waals surface area contributed by atoms with Crippen LogP contribution in [0.3, 0.4) is 0 Å². The first kappa shape index (κ1) is 16.9. The molecule has 0 bridgehead atoms.